The van der Waals surface area contributed by atoms with E-state index in [1.807, 2.05) is 36.5 Å². The van der Waals surface area contributed by atoms with Gasteiger partial charge in [0.2, 0.25) is 0 Å². The zero-order chi connectivity index (χ0) is 13.9. The molecule has 20 heavy (non-hydrogen) atoms. The van der Waals surface area contributed by atoms with Crippen molar-refractivity contribution in [1.29, 1.82) is 0 Å². The normalized spacial score (nSPS) is 19.4. The molecule has 2 aromatic rings. The number of aromatic hydroxyl groups is 1. The van der Waals surface area contributed by atoms with Crippen molar-refractivity contribution < 1.29 is 5.11 Å². The van der Waals surface area contributed by atoms with E-state index < -0.39 is 0 Å². The summed E-state index contributed by atoms with van der Waals surface area (Å²) in [7, 11) is 0. The zero-order valence-corrected chi connectivity index (χ0v) is 11.7. The summed E-state index contributed by atoms with van der Waals surface area (Å²) >= 11 is 0. The third-order valence-corrected chi connectivity index (χ3v) is 4.03. The van der Waals surface area contributed by atoms with Gasteiger partial charge < -0.3 is 10.4 Å². The number of benzene rings is 1. The maximum absolute atomic E-state index is 9.72. The van der Waals surface area contributed by atoms with E-state index in [9.17, 15) is 5.11 Å². The lowest BCUT2D eigenvalue weighted by Crippen LogP contribution is -2.28. The Morgan fingerprint density at radius 3 is 3.00 bits per heavy atom. The molecule has 0 saturated carbocycles. The Bertz CT molecular complexity index is 583. The molecule has 2 N–H and O–H groups in total. The minimum Gasteiger partial charge on any atom is -0.508 e. The van der Waals surface area contributed by atoms with Gasteiger partial charge in [0.05, 0.1) is 5.69 Å². The van der Waals surface area contributed by atoms with E-state index >= 15 is 0 Å². The molecule has 1 aromatic heterocycles. The van der Waals surface area contributed by atoms with Crippen LogP contribution in [0.5, 0.6) is 5.75 Å². The first-order valence-electron chi connectivity index (χ1n) is 7.23. The van der Waals surface area contributed by atoms with Crippen LogP contribution >= 0.6 is 0 Å². The van der Waals surface area contributed by atoms with Gasteiger partial charge in [-0.2, -0.15) is 0 Å². The Morgan fingerprint density at radius 1 is 1.30 bits per heavy atom. The molecule has 3 heteroatoms. The van der Waals surface area contributed by atoms with Crippen molar-refractivity contribution in [1.82, 2.24) is 10.3 Å². The fourth-order valence-corrected chi connectivity index (χ4v) is 2.98. The Balaban J connectivity index is 1.81. The number of hydrogen-bond acceptors (Lipinski definition) is 3. The van der Waals surface area contributed by atoms with Crippen LogP contribution in [0.25, 0.3) is 0 Å². The summed E-state index contributed by atoms with van der Waals surface area (Å²) < 4.78 is 0. The number of aryl methyl sites for hydroxylation is 1. The fourth-order valence-electron chi connectivity index (χ4n) is 2.98. The van der Waals surface area contributed by atoms with Crippen LogP contribution in [-0.4, -0.2) is 10.1 Å². The first-order chi connectivity index (χ1) is 9.74. The van der Waals surface area contributed by atoms with E-state index in [0.717, 1.165) is 18.5 Å². The summed E-state index contributed by atoms with van der Waals surface area (Å²) in [5, 5.41) is 13.4. The van der Waals surface area contributed by atoms with E-state index in [-0.39, 0.29) is 6.04 Å². The van der Waals surface area contributed by atoms with Crippen molar-refractivity contribution in [3.63, 3.8) is 0 Å². The number of nitrogens with one attached hydrogen (secondary N) is 1. The molecular formula is C17H20N2O. The molecule has 1 aliphatic rings. The van der Waals surface area contributed by atoms with Crippen LogP contribution in [0.3, 0.4) is 0 Å². The molecule has 3 rings (SSSR count). The molecule has 0 saturated heterocycles. The van der Waals surface area contributed by atoms with Gasteiger partial charge in [0.1, 0.15) is 5.75 Å². The van der Waals surface area contributed by atoms with Crippen molar-refractivity contribution in [2.45, 2.75) is 38.3 Å². The number of nitrogens with zero attached hydrogens (tertiary/aromatic N) is 1. The molecule has 1 heterocycles. The number of aromatic nitrogens is 1. The molecular weight excluding hydrogens is 248 g/mol. The van der Waals surface area contributed by atoms with Gasteiger partial charge in [0, 0.05) is 18.3 Å². The minimum atomic E-state index is 0.203. The van der Waals surface area contributed by atoms with Gasteiger partial charge in [-0.3, -0.25) is 4.98 Å². The van der Waals surface area contributed by atoms with Crippen molar-refractivity contribution in [2.24, 2.45) is 0 Å². The lowest BCUT2D eigenvalue weighted by molar-refractivity contribution is 0.407. The van der Waals surface area contributed by atoms with Gasteiger partial charge in [-0.1, -0.05) is 12.1 Å². The number of rotatable bonds is 3. The topological polar surface area (TPSA) is 45.1 Å². The second-order valence-corrected chi connectivity index (χ2v) is 5.47. The number of pyridine rings is 1. The first kappa shape index (κ1) is 13.1. The number of phenols is 1. The molecule has 1 unspecified atom stereocenters. The van der Waals surface area contributed by atoms with Crippen LogP contribution in [0.4, 0.5) is 0 Å². The van der Waals surface area contributed by atoms with E-state index in [4.69, 9.17) is 0 Å². The molecule has 0 radical (unpaired) electrons. The van der Waals surface area contributed by atoms with Crippen molar-refractivity contribution in [2.75, 3.05) is 0 Å². The largest absolute Gasteiger partial charge is 0.508 e. The highest BCUT2D eigenvalue weighted by Gasteiger charge is 2.22. The highest BCUT2D eigenvalue weighted by molar-refractivity contribution is 5.38. The summed E-state index contributed by atoms with van der Waals surface area (Å²) in [5.41, 5.74) is 3.64. The minimum absolute atomic E-state index is 0.203. The van der Waals surface area contributed by atoms with Crippen LogP contribution < -0.4 is 5.32 Å². The predicted octanol–water partition coefficient (Wildman–Crippen LogP) is 3.52. The molecule has 0 aliphatic heterocycles. The molecule has 0 bridgehead atoms. The number of phenolic OH excluding ortho intramolecular Hbond substituents is 1. The molecule has 0 fully saturated rings. The Labute approximate surface area is 119 Å². The van der Waals surface area contributed by atoms with Crippen molar-refractivity contribution >= 4 is 0 Å². The summed E-state index contributed by atoms with van der Waals surface area (Å²) in [6.45, 7) is 2.14. The molecule has 3 nitrogen and oxygen atoms in total. The van der Waals surface area contributed by atoms with Gasteiger partial charge >= 0.3 is 0 Å². The predicted molar refractivity (Wildman–Crippen MR) is 79.6 cm³/mol. The molecule has 1 aromatic carbocycles. The lowest BCUT2D eigenvalue weighted by atomic mass is 9.87. The van der Waals surface area contributed by atoms with Gasteiger partial charge in [0.15, 0.2) is 0 Å². The van der Waals surface area contributed by atoms with Gasteiger partial charge in [-0.15, -0.1) is 0 Å². The standard InChI is InChI=1S/C17H20N2O/c1-12(16-6-2-3-10-18-16)19-17-7-4-5-13-8-9-14(20)11-15(13)17/h2-3,6,8-12,17,19-20H,4-5,7H2,1H3/t12-,17?/m1/s1. The lowest BCUT2D eigenvalue weighted by Gasteiger charge is -2.29. The van der Waals surface area contributed by atoms with Crippen LogP contribution in [0.2, 0.25) is 0 Å². The quantitative estimate of drug-likeness (QED) is 0.895. The summed E-state index contributed by atoms with van der Waals surface area (Å²) in [5.74, 6) is 0.350. The van der Waals surface area contributed by atoms with E-state index in [1.54, 1.807) is 6.07 Å². The highest BCUT2D eigenvalue weighted by Crippen LogP contribution is 2.33. The van der Waals surface area contributed by atoms with Crippen LogP contribution in [0.15, 0.2) is 42.6 Å². The monoisotopic (exact) mass is 268 g/mol. The van der Waals surface area contributed by atoms with Crippen molar-refractivity contribution in [3.8, 4) is 5.75 Å². The zero-order valence-electron chi connectivity index (χ0n) is 11.7. The van der Waals surface area contributed by atoms with Gasteiger partial charge in [-0.25, -0.2) is 0 Å². The fraction of sp³-hybridized carbons (Fsp3) is 0.353. The maximum atomic E-state index is 9.72. The van der Waals surface area contributed by atoms with Gasteiger partial charge in [-0.05, 0) is 61.6 Å². The van der Waals surface area contributed by atoms with Crippen molar-refractivity contribution in [3.05, 3.63) is 59.4 Å². The second-order valence-electron chi connectivity index (χ2n) is 5.47. The van der Waals surface area contributed by atoms with Gasteiger partial charge in [0.25, 0.3) is 0 Å². The Kier molecular flexibility index (Phi) is 3.70. The maximum Gasteiger partial charge on any atom is 0.115 e. The SMILES string of the molecule is C[C@@H](NC1CCCc2ccc(O)cc21)c1ccccn1. The Morgan fingerprint density at radius 2 is 2.20 bits per heavy atom. The summed E-state index contributed by atoms with van der Waals surface area (Å²) in [6.07, 6.45) is 5.22. The second kappa shape index (κ2) is 5.63. The summed E-state index contributed by atoms with van der Waals surface area (Å²) in [4.78, 5) is 4.41. The first-order valence-corrected chi connectivity index (χ1v) is 7.23. The summed E-state index contributed by atoms with van der Waals surface area (Å²) in [6, 6.07) is 12.2. The molecule has 104 valence electrons. The smallest absolute Gasteiger partial charge is 0.115 e. The third-order valence-electron chi connectivity index (χ3n) is 4.03. The average molecular weight is 268 g/mol. The molecule has 0 spiro atoms. The highest BCUT2D eigenvalue weighted by atomic mass is 16.3. The van der Waals surface area contributed by atoms with E-state index in [2.05, 4.69) is 17.2 Å². The van der Waals surface area contributed by atoms with E-state index in [1.165, 1.54) is 17.5 Å². The van der Waals surface area contributed by atoms with Crippen LogP contribution in [0.1, 0.15) is 48.7 Å². The average Bonchev–Trinajstić information content (AvgIpc) is 2.49. The third kappa shape index (κ3) is 2.68. The molecule has 2 atom stereocenters. The molecule has 0 amide bonds. The van der Waals surface area contributed by atoms with Crippen LogP contribution in [0, 0.1) is 0 Å². The van der Waals surface area contributed by atoms with E-state index in [0.29, 0.717) is 11.8 Å². The molecule has 1 aliphatic carbocycles. The van der Waals surface area contributed by atoms with Crippen LogP contribution in [-0.2, 0) is 6.42 Å². The number of fused-ring (bicyclic) bond motifs is 1. The number of hydrogen-bond donors (Lipinski definition) is 2. The Hall–Kier alpha value is -1.87.